The maximum atomic E-state index is 13.5. The van der Waals surface area contributed by atoms with Crippen LogP contribution in [0.25, 0.3) is 22.3 Å². The monoisotopic (exact) mass is 485 g/mol. The highest BCUT2D eigenvalue weighted by atomic mass is 16.5. The van der Waals surface area contributed by atoms with E-state index in [0.717, 1.165) is 61.2 Å². The highest BCUT2D eigenvalue weighted by molar-refractivity contribution is 6.05. The molecule has 1 atom stereocenters. The van der Waals surface area contributed by atoms with Crippen molar-refractivity contribution in [2.45, 2.75) is 46.2 Å². The number of anilines is 1. The van der Waals surface area contributed by atoms with E-state index >= 15 is 0 Å². The van der Waals surface area contributed by atoms with Gasteiger partial charge in [0.2, 0.25) is 11.8 Å². The summed E-state index contributed by atoms with van der Waals surface area (Å²) >= 11 is 0. The molecule has 0 saturated heterocycles. The molecule has 1 amide bonds. The van der Waals surface area contributed by atoms with E-state index in [1.165, 1.54) is 11.1 Å². The van der Waals surface area contributed by atoms with Crippen molar-refractivity contribution >= 4 is 22.9 Å². The van der Waals surface area contributed by atoms with Gasteiger partial charge in [-0.05, 0) is 68.0 Å². The smallest absolute Gasteiger partial charge is 0.258 e. The molecule has 1 aromatic carbocycles. The zero-order valence-corrected chi connectivity index (χ0v) is 21.0. The van der Waals surface area contributed by atoms with Crippen molar-refractivity contribution in [3.63, 3.8) is 0 Å². The van der Waals surface area contributed by atoms with Crippen LogP contribution in [-0.2, 0) is 26.6 Å². The Kier molecular flexibility index (Phi) is 5.72. The molecule has 2 bridgehead atoms. The number of aryl methyl sites for hydroxylation is 2. The quantitative estimate of drug-likeness (QED) is 0.393. The number of aromatic nitrogens is 5. The number of imidazole rings is 1. The van der Waals surface area contributed by atoms with Crippen LogP contribution < -0.4 is 15.4 Å². The summed E-state index contributed by atoms with van der Waals surface area (Å²) in [6.07, 6.45) is 4.60. The third-order valence-corrected chi connectivity index (χ3v) is 7.15. The summed E-state index contributed by atoms with van der Waals surface area (Å²) in [7, 11) is 1.86. The first kappa shape index (κ1) is 22.7. The Balaban J connectivity index is 1.48. The number of carbonyl (C=O) groups is 1. The molecule has 0 unspecified atom stereocenters. The van der Waals surface area contributed by atoms with Gasteiger partial charge in [-0.3, -0.25) is 15.1 Å². The first-order valence-electron chi connectivity index (χ1n) is 12.6. The molecule has 4 aromatic rings. The fourth-order valence-electron chi connectivity index (χ4n) is 5.38. The predicted octanol–water partition coefficient (Wildman–Crippen LogP) is 3.85. The van der Waals surface area contributed by atoms with Crippen molar-refractivity contribution in [2.24, 2.45) is 13.0 Å². The average Bonchev–Trinajstić information content (AvgIpc) is 3.40. The van der Waals surface area contributed by atoms with Crippen molar-refractivity contribution in [1.29, 1.82) is 0 Å². The molecule has 0 spiro atoms. The lowest BCUT2D eigenvalue weighted by Crippen LogP contribution is -2.24. The van der Waals surface area contributed by atoms with Gasteiger partial charge in [-0.1, -0.05) is 13.0 Å². The fourth-order valence-corrected chi connectivity index (χ4v) is 5.38. The molecule has 2 N–H and O–H groups in total. The van der Waals surface area contributed by atoms with E-state index in [9.17, 15) is 4.79 Å². The summed E-state index contributed by atoms with van der Waals surface area (Å²) in [4.78, 5) is 23.1. The molecule has 5 heterocycles. The maximum absolute atomic E-state index is 13.5. The van der Waals surface area contributed by atoms with Crippen LogP contribution in [0.15, 0.2) is 30.5 Å². The number of fused-ring (bicyclic) bond motifs is 9. The Morgan fingerprint density at radius 3 is 2.97 bits per heavy atom. The van der Waals surface area contributed by atoms with Gasteiger partial charge in [0, 0.05) is 31.4 Å². The van der Waals surface area contributed by atoms with Crippen LogP contribution in [0.1, 0.15) is 46.9 Å². The third kappa shape index (κ3) is 4.03. The van der Waals surface area contributed by atoms with Crippen LogP contribution in [0, 0.1) is 12.8 Å². The Bertz CT molecular complexity index is 1470. The summed E-state index contributed by atoms with van der Waals surface area (Å²) in [5.74, 6) is 1.43. The molecule has 9 nitrogen and oxygen atoms in total. The lowest BCUT2D eigenvalue weighted by atomic mass is 9.99. The molecular formula is C27H31N7O2. The van der Waals surface area contributed by atoms with Gasteiger partial charge in [-0.15, -0.1) is 0 Å². The van der Waals surface area contributed by atoms with E-state index in [1.807, 2.05) is 14.0 Å². The molecule has 2 aliphatic rings. The largest absolute Gasteiger partial charge is 0.477 e. The number of hydrogen-bond acceptors (Lipinski definition) is 6. The van der Waals surface area contributed by atoms with Crippen LogP contribution in [0.5, 0.6) is 5.88 Å². The molecule has 36 heavy (non-hydrogen) atoms. The van der Waals surface area contributed by atoms with Crippen molar-refractivity contribution in [1.82, 2.24) is 29.6 Å². The Morgan fingerprint density at radius 1 is 1.19 bits per heavy atom. The molecule has 0 radical (unpaired) electrons. The summed E-state index contributed by atoms with van der Waals surface area (Å²) in [5, 5.41) is 11.0. The molecule has 9 heteroatoms. The van der Waals surface area contributed by atoms with Gasteiger partial charge in [0.25, 0.3) is 5.91 Å². The second-order valence-electron chi connectivity index (χ2n) is 9.96. The van der Waals surface area contributed by atoms with E-state index in [0.29, 0.717) is 35.6 Å². The molecule has 0 fully saturated rings. The van der Waals surface area contributed by atoms with Crippen molar-refractivity contribution in [3.8, 4) is 17.1 Å². The lowest BCUT2D eigenvalue weighted by molar-refractivity contribution is 0.102. The number of benzene rings is 1. The molecule has 6 rings (SSSR count). The Hall–Kier alpha value is -3.72. The van der Waals surface area contributed by atoms with Crippen molar-refractivity contribution < 1.29 is 9.53 Å². The van der Waals surface area contributed by atoms with Gasteiger partial charge in [0.05, 0.1) is 35.1 Å². The number of carbonyl (C=O) groups excluding carboxylic acids is 1. The predicted molar refractivity (Wildman–Crippen MR) is 138 cm³/mol. The number of hydrogen-bond donors (Lipinski definition) is 2. The first-order chi connectivity index (χ1) is 17.5. The molecule has 186 valence electrons. The van der Waals surface area contributed by atoms with Gasteiger partial charge in [-0.2, -0.15) is 5.10 Å². The van der Waals surface area contributed by atoms with Gasteiger partial charge in [0.15, 0.2) is 0 Å². The number of rotatable bonds is 0. The van der Waals surface area contributed by atoms with Crippen LogP contribution in [0.3, 0.4) is 0 Å². The maximum Gasteiger partial charge on any atom is 0.258 e. The third-order valence-electron chi connectivity index (χ3n) is 7.15. The van der Waals surface area contributed by atoms with Gasteiger partial charge in [0.1, 0.15) is 0 Å². The molecular weight excluding hydrogens is 454 g/mol. The van der Waals surface area contributed by atoms with E-state index in [4.69, 9.17) is 9.72 Å². The topological polar surface area (TPSA) is 98.9 Å². The van der Waals surface area contributed by atoms with Crippen molar-refractivity contribution in [3.05, 3.63) is 52.8 Å². The summed E-state index contributed by atoms with van der Waals surface area (Å²) in [6.45, 7) is 7.31. The zero-order valence-electron chi connectivity index (χ0n) is 21.0. The average molecular weight is 486 g/mol. The summed E-state index contributed by atoms with van der Waals surface area (Å²) < 4.78 is 10.1. The van der Waals surface area contributed by atoms with E-state index < -0.39 is 0 Å². The van der Waals surface area contributed by atoms with E-state index in [-0.39, 0.29) is 5.91 Å². The summed E-state index contributed by atoms with van der Waals surface area (Å²) in [5.41, 5.74) is 7.43. The van der Waals surface area contributed by atoms with E-state index in [2.05, 4.69) is 44.3 Å². The lowest BCUT2D eigenvalue weighted by Gasteiger charge is -2.21. The normalized spacial score (nSPS) is 18.3. The Morgan fingerprint density at radius 2 is 2.08 bits per heavy atom. The number of amides is 1. The van der Waals surface area contributed by atoms with Crippen molar-refractivity contribution in [2.75, 3.05) is 18.5 Å². The number of nitrogens with one attached hydrogen (secondary N) is 2. The minimum atomic E-state index is -0.206. The highest BCUT2D eigenvalue weighted by Crippen LogP contribution is 2.32. The SMILES string of the molecule is Cc1cc2cc(n1)-c1cnn(C)c1OCCC[C@@H](C)Cn1c(nc3ccc4c(c31)CCNC4)NC2=O. The fraction of sp³-hybridized carbons (Fsp3) is 0.407. The van der Waals surface area contributed by atoms with Crippen LogP contribution >= 0.6 is 0 Å². The second kappa shape index (κ2) is 9.05. The Labute approximate surface area is 209 Å². The minimum Gasteiger partial charge on any atom is -0.477 e. The molecule has 2 aliphatic heterocycles. The molecule has 3 aromatic heterocycles. The van der Waals surface area contributed by atoms with Crippen LogP contribution in [-0.4, -0.2) is 43.4 Å². The zero-order chi connectivity index (χ0) is 24.8. The number of ether oxygens (including phenoxy) is 1. The first-order valence-corrected chi connectivity index (χ1v) is 12.6. The highest BCUT2D eigenvalue weighted by Gasteiger charge is 2.23. The number of nitrogens with zero attached hydrogens (tertiary/aromatic N) is 5. The molecule has 0 aliphatic carbocycles. The second-order valence-corrected chi connectivity index (χ2v) is 9.96. The summed E-state index contributed by atoms with van der Waals surface area (Å²) in [6, 6.07) is 7.83. The minimum absolute atomic E-state index is 0.206. The molecule has 0 saturated carbocycles. The van der Waals surface area contributed by atoms with E-state index in [1.54, 1.807) is 23.0 Å². The standard InChI is InChI=1S/C27H31N7O2/c1-16-5-4-10-36-26-21(14-29-33(26)3)23-12-19(11-17(2)30-23)25(35)32-27-31-22-7-6-18-13-28-9-8-20(18)24(22)34(27)15-16/h6-7,11-12,14,16,28H,4-5,8-10,13,15H2,1-3H3,(H,31,32,35)/t16-/m1/s1. The van der Waals surface area contributed by atoms with Gasteiger partial charge >= 0.3 is 0 Å². The van der Waals surface area contributed by atoms with Gasteiger partial charge in [-0.25, -0.2) is 9.67 Å². The van der Waals surface area contributed by atoms with Gasteiger partial charge < -0.3 is 14.6 Å². The van der Waals surface area contributed by atoms with Crippen LogP contribution in [0.4, 0.5) is 5.95 Å². The van der Waals surface area contributed by atoms with Crippen LogP contribution in [0.2, 0.25) is 0 Å². The number of pyridine rings is 1.